The molecule has 2 saturated heterocycles. The zero-order valence-corrected chi connectivity index (χ0v) is 19.2. The summed E-state index contributed by atoms with van der Waals surface area (Å²) in [4.78, 5) is 30.1. The second-order valence-corrected chi connectivity index (χ2v) is 9.27. The molecule has 9 heteroatoms. The number of amides is 2. The fourth-order valence-corrected chi connectivity index (χ4v) is 4.97. The number of fused-ring (bicyclic) bond motifs is 1. The number of methoxy groups -OCH3 is 1. The summed E-state index contributed by atoms with van der Waals surface area (Å²) >= 11 is 0. The Bertz CT molecular complexity index is 1070. The van der Waals surface area contributed by atoms with Gasteiger partial charge in [-0.3, -0.25) is 14.9 Å². The number of likely N-dealkylation sites (tertiary alicyclic amines) is 1. The Kier molecular flexibility index (Phi) is 6.58. The fraction of sp³-hybridized carbons (Fsp3) is 0.542. The predicted molar refractivity (Wildman–Crippen MR) is 122 cm³/mol. The van der Waals surface area contributed by atoms with E-state index in [9.17, 15) is 20.0 Å². The number of benzene rings is 1. The number of rotatable bonds is 8. The van der Waals surface area contributed by atoms with E-state index in [2.05, 4.69) is 35.5 Å². The molecule has 0 saturated carbocycles. The van der Waals surface area contributed by atoms with Gasteiger partial charge in [-0.2, -0.15) is 5.26 Å². The number of carbonyl (C=O) groups is 2. The van der Waals surface area contributed by atoms with Gasteiger partial charge in [0.2, 0.25) is 5.91 Å². The van der Waals surface area contributed by atoms with Gasteiger partial charge < -0.3 is 25.0 Å². The van der Waals surface area contributed by atoms with E-state index in [-0.39, 0.29) is 29.6 Å². The van der Waals surface area contributed by atoms with Crippen LogP contribution in [0.4, 0.5) is 0 Å². The van der Waals surface area contributed by atoms with Gasteiger partial charge in [-0.05, 0) is 37.0 Å². The Morgan fingerprint density at radius 1 is 1.42 bits per heavy atom. The largest absolute Gasteiger partial charge is 0.496 e. The summed E-state index contributed by atoms with van der Waals surface area (Å²) in [7, 11) is 1.59. The van der Waals surface area contributed by atoms with Crippen molar-refractivity contribution in [1.82, 2.24) is 20.5 Å². The van der Waals surface area contributed by atoms with E-state index in [0.29, 0.717) is 37.4 Å². The first kappa shape index (κ1) is 23.1. The SMILES string of the molecule is COc1cccc2[nH]c(C(=O)N3CC(C(C)C)C3C(O)NC(C#N)CC3CCNC3=O)cc12. The number of aromatic amines is 1. The first-order valence-electron chi connectivity index (χ1n) is 11.4. The van der Waals surface area contributed by atoms with Crippen molar-refractivity contribution < 1.29 is 19.4 Å². The lowest BCUT2D eigenvalue weighted by molar-refractivity contribution is -0.122. The van der Waals surface area contributed by atoms with Crippen LogP contribution in [0.1, 0.15) is 37.2 Å². The summed E-state index contributed by atoms with van der Waals surface area (Å²) in [5.74, 6) is 0.512. The van der Waals surface area contributed by atoms with E-state index >= 15 is 0 Å². The van der Waals surface area contributed by atoms with Gasteiger partial charge in [-0.25, -0.2) is 0 Å². The van der Waals surface area contributed by atoms with Crippen LogP contribution in [-0.2, 0) is 4.79 Å². The summed E-state index contributed by atoms with van der Waals surface area (Å²) in [5.41, 5.74) is 1.22. The number of hydrogen-bond acceptors (Lipinski definition) is 6. The molecule has 4 rings (SSSR count). The van der Waals surface area contributed by atoms with Gasteiger partial charge in [-0.1, -0.05) is 19.9 Å². The summed E-state index contributed by atoms with van der Waals surface area (Å²) in [6.07, 6.45) is -0.0710. The number of aliphatic hydroxyl groups is 1. The molecule has 33 heavy (non-hydrogen) atoms. The summed E-state index contributed by atoms with van der Waals surface area (Å²) in [6, 6.07) is 8.35. The Balaban J connectivity index is 1.50. The summed E-state index contributed by atoms with van der Waals surface area (Å²) in [6.45, 7) is 5.25. The first-order valence-corrected chi connectivity index (χ1v) is 11.4. The molecule has 2 aliphatic rings. The number of aliphatic hydroxyl groups excluding tert-OH is 1. The number of nitrogens with zero attached hydrogens (tertiary/aromatic N) is 2. The van der Waals surface area contributed by atoms with Crippen LogP contribution in [0.3, 0.4) is 0 Å². The van der Waals surface area contributed by atoms with E-state index in [0.717, 1.165) is 10.9 Å². The maximum Gasteiger partial charge on any atom is 0.270 e. The number of hydrogen-bond donors (Lipinski definition) is 4. The first-order chi connectivity index (χ1) is 15.8. The fourth-order valence-electron chi connectivity index (χ4n) is 4.97. The number of nitriles is 1. The minimum Gasteiger partial charge on any atom is -0.496 e. The van der Waals surface area contributed by atoms with Crippen LogP contribution in [0.5, 0.6) is 5.75 Å². The van der Waals surface area contributed by atoms with E-state index in [1.54, 1.807) is 18.1 Å². The molecule has 2 amide bonds. The third-order valence-corrected chi connectivity index (χ3v) is 6.93. The highest BCUT2D eigenvalue weighted by atomic mass is 16.5. The van der Waals surface area contributed by atoms with Crippen molar-refractivity contribution in [3.63, 3.8) is 0 Å². The average molecular weight is 454 g/mol. The molecule has 0 aliphatic carbocycles. The number of nitrogens with one attached hydrogen (secondary N) is 3. The molecule has 4 N–H and O–H groups in total. The number of carbonyl (C=O) groups excluding carboxylic acids is 2. The van der Waals surface area contributed by atoms with Crippen LogP contribution in [-0.4, -0.2) is 65.3 Å². The molecule has 0 radical (unpaired) electrons. The molecule has 3 heterocycles. The second kappa shape index (κ2) is 9.41. The molecular formula is C24H31N5O4. The quantitative estimate of drug-likeness (QED) is 0.449. The maximum atomic E-state index is 13.4. The third kappa shape index (κ3) is 4.41. The molecule has 0 spiro atoms. The van der Waals surface area contributed by atoms with Gasteiger partial charge in [-0.15, -0.1) is 0 Å². The second-order valence-electron chi connectivity index (χ2n) is 9.27. The summed E-state index contributed by atoms with van der Waals surface area (Å²) < 4.78 is 5.39. The molecular weight excluding hydrogens is 422 g/mol. The van der Waals surface area contributed by atoms with Crippen molar-refractivity contribution in [2.45, 2.75) is 45.0 Å². The van der Waals surface area contributed by atoms with Crippen LogP contribution >= 0.6 is 0 Å². The van der Waals surface area contributed by atoms with Gasteiger partial charge in [0.05, 0.1) is 25.3 Å². The van der Waals surface area contributed by atoms with Crippen molar-refractivity contribution in [1.29, 1.82) is 5.26 Å². The smallest absolute Gasteiger partial charge is 0.270 e. The Labute approximate surface area is 193 Å². The van der Waals surface area contributed by atoms with Crippen LogP contribution < -0.4 is 15.4 Å². The van der Waals surface area contributed by atoms with E-state index in [4.69, 9.17) is 4.74 Å². The molecule has 2 aliphatic heterocycles. The van der Waals surface area contributed by atoms with Crippen LogP contribution in [0.15, 0.2) is 24.3 Å². The van der Waals surface area contributed by atoms with Crippen molar-refractivity contribution in [2.75, 3.05) is 20.2 Å². The van der Waals surface area contributed by atoms with Crippen LogP contribution in [0.2, 0.25) is 0 Å². The number of aromatic nitrogens is 1. The third-order valence-electron chi connectivity index (χ3n) is 6.93. The van der Waals surface area contributed by atoms with Gasteiger partial charge in [0, 0.05) is 35.8 Å². The van der Waals surface area contributed by atoms with Crippen molar-refractivity contribution >= 4 is 22.7 Å². The molecule has 1 aromatic heterocycles. The molecule has 2 fully saturated rings. The zero-order chi connectivity index (χ0) is 23.7. The molecule has 1 aromatic carbocycles. The highest BCUT2D eigenvalue weighted by molar-refractivity contribution is 6.00. The zero-order valence-electron chi connectivity index (χ0n) is 19.2. The van der Waals surface area contributed by atoms with Crippen LogP contribution in [0, 0.1) is 29.1 Å². The van der Waals surface area contributed by atoms with E-state index in [1.165, 1.54) is 0 Å². The molecule has 2 aromatic rings. The Morgan fingerprint density at radius 2 is 2.21 bits per heavy atom. The maximum absolute atomic E-state index is 13.4. The van der Waals surface area contributed by atoms with Gasteiger partial charge in [0.15, 0.2) is 0 Å². The monoisotopic (exact) mass is 453 g/mol. The van der Waals surface area contributed by atoms with Gasteiger partial charge in [0.1, 0.15) is 17.7 Å². The number of ether oxygens (including phenoxy) is 1. The minimum atomic E-state index is -1.08. The molecule has 9 nitrogen and oxygen atoms in total. The topological polar surface area (TPSA) is 130 Å². The van der Waals surface area contributed by atoms with E-state index in [1.807, 2.05) is 18.2 Å². The molecule has 5 atom stereocenters. The summed E-state index contributed by atoms with van der Waals surface area (Å²) in [5, 5.41) is 27.2. The lowest BCUT2D eigenvalue weighted by Gasteiger charge is -2.52. The Hall–Kier alpha value is -3.09. The molecule has 5 unspecified atom stereocenters. The number of H-pyrrole nitrogens is 1. The molecule has 176 valence electrons. The highest BCUT2D eigenvalue weighted by Crippen LogP contribution is 2.35. The predicted octanol–water partition coefficient (Wildman–Crippen LogP) is 1.60. The van der Waals surface area contributed by atoms with Crippen molar-refractivity contribution in [3.8, 4) is 11.8 Å². The Morgan fingerprint density at radius 3 is 2.85 bits per heavy atom. The van der Waals surface area contributed by atoms with Gasteiger partial charge in [0.25, 0.3) is 5.91 Å². The van der Waals surface area contributed by atoms with Gasteiger partial charge >= 0.3 is 0 Å². The van der Waals surface area contributed by atoms with E-state index < -0.39 is 18.3 Å². The lowest BCUT2D eigenvalue weighted by Crippen LogP contribution is -2.68. The standard InChI is InChI=1S/C24H31N5O4/c1-13(2)17-12-29(24(32)19-10-16-18(28-19)5-4-6-20(16)33-3)21(17)23(31)27-15(11-25)9-14-7-8-26-22(14)30/h4-6,10,13-15,17,21,23,27-28,31H,7-9,12H2,1-3H3,(H,26,30). The molecule has 0 bridgehead atoms. The highest BCUT2D eigenvalue weighted by Gasteiger charge is 2.48. The lowest BCUT2D eigenvalue weighted by atomic mass is 9.78. The van der Waals surface area contributed by atoms with Crippen LogP contribution in [0.25, 0.3) is 10.9 Å². The average Bonchev–Trinajstić information content (AvgIpc) is 3.38. The van der Waals surface area contributed by atoms with Crippen molar-refractivity contribution in [2.24, 2.45) is 17.8 Å². The minimum absolute atomic E-state index is 0.0544. The normalized spacial score (nSPS) is 24.3. The van der Waals surface area contributed by atoms with Crippen molar-refractivity contribution in [3.05, 3.63) is 30.0 Å².